The summed E-state index contributed by atoms with van der Waals surface area (Å²) < 4.78 is 6.52. The molecule has 25 heavy (non-hydrogen) atoms. The van der Waals surface area contributed by atoms with Gasteiger partial charge in [0.05, 0.1) is 12.6 Å². The highest BCUT2D eigenvalue weighted by atomic mass is 32.1. The smallest absolute Gasteiger partial charge is 0.267 e. The van der Waals surface area contributed by atoms with E-state index in [0.29, 0.717) is 11.7 Å². The number of piperidine rings is 1. The predicted octanol–water partition coefficient (Wildman–Crippen LogP) is 2.03. The van der Waals surface area contributed by atoms with Crippen LogP contribution in [-0.4, -0.2) is 52.4 Å². The summed E-state index contributed by atoms with van der Waals surface area (Å²) in [6.07, 6.45) is 3.48. The normalized spacial score (nSPS) is 18.3. The number of carbonyl (C=O) groups excluding carboxylic acids is 1. The van der Waals surface area contributed by atoms with E-state index in [1.54, 1.807) is 7.05 Å². The van der Waals surface area contributed by atoms with Gasteiger partial charge in [-0.05, 0) is 31.5 Å². The van der Waals surface area contributed by atoms with Crippen molar-refractivity contribution in [3.05, 3.63) is 29.3 Å². The molecule has 2 aromatic rings. The number of rotatable bonds is 5. The van der Waals surface area contributed by atoms with E-state index in [1.165, 1.54) is 30.1 Å². The number of amides is 1. The molecule has 1 atom stereocenters. The molecule has 0 unspecified atom stereocenters. The second kappa shape index (κ2) is 7.53. The molecule has 1 N–H and O–H groups in total. The van der Waals surface area contributed by atoms with Gasteiger partial charge in [-0.2, -0.15) is 4.37 Å². The third-order valence-corrected chi connectivity index (χ3v) is 5.68. The molecule has 3 heterocycles. The van der Waals surface area contributed by atoms with Crippen LogP contribution in [0.25, 0.3) is 0 Å². The van der Waals surface area contributed by atoms with Gasteiger partial charge >= 0.3 is 0 Å². The van der Waals surface area contributed by atoms with Crippen LogP contribution in [0.15, 0.2) is 12.1 Å². The predicted molar refractivity (Wildman–Crippen MR) is 100 cm³/mol. The largest absolute Gasteiger partial charge is 0.354 e. The molecule has 0 radical (unpaired) electrons. The van der Waals surface area contributed by atoms with E-state index < -0.39 is 0 Å². The highest BCUT2D eigenvalue weighted by molar-refractivity contribution is 7.09. The quantitative estimate of drug-likeness (QED) is 0.882. The Morgan fingerprint density at radius 2 is 2.20 bits per heavy atom. The van der Waals surface area contributed by atoms with Crippen LogP contribution in [0.4, 0.5) is 5.13 Å². The molecule has 1 saturated heterocycles. The Balaban J connectivity index is 1.81. The van der Waals surface area contributed by atoms with Crippen molar-refractivity contribution in [3.8, 4) is 0 Å². The summed E-state index contributed by atoms with van der Waals surface area (Å²) in [5.74, 6) is 0.828. The van der Waals surface area contributed by atoms with Crippen LogP contribution in [0.1, 0.15) is 47.3 Å². The Morgan fingerprint density at radius 3 is 2.88 bits per heavy atom. The zero-order valence-electron chi connectivity index (χ0n) is 15.3. The lowest BCUT2D eigenvalue weighted by Gasteiger charge is -2.35. The summed E-state index contributed by atoms with van der Waals surface area (Å²) in [4.78, 5) is 21.0. The molecule has 1 aliphatic heterocycles. The van der Waals surface area contributed by atoms with E-state index in [1.807, 2.05) is 36.7 Å². The zero-order chi connectivity index (χ0) is 18.0. The molecule has 0 saturated carbocycles. The second-order valence-corrected chi connectivity index (χ2v) is 7.38. The maximum atomic E-state index is 12.0. The van der Waals surface area contributed by atoms with Gasteiger partial charge in [0.2, 0.25) is 5.13 Å². The molecule has 1 aliphatic rings. The van der Waals surface area contributed by atoms with Crippen LogP contribution >= 0.6 is 11.5 Å². The first kappa shape index (κ1) is 17.9. The highest BCUT2D eigenvalue weighted by Crippen LogP contribution is 2.33. The van der Waals surface area contributed by atoms with Gasteiger partial charge in [0.15, 0.2) is 5.82 Å². The van der Waals surface area contributed by atoms with Crippen LogP contribution in [-0.2, 0) is 13.6 Å². The number of hydrogen-bond donors (Lipinski definition) is 1. The molecule has 7 nitrogen and oxygen atoms in total. The van der Waals surface area contributed by atoms with Gasteiger partial charge in [-0.1, -0.05) is 6.42 Å². The maximum absolute atomic E-state index is 12.0. The summed E-state index contributed by atoms with van der Waals surface area (Å²) in [6, 6.07) is 4.28. The minimum absolute atomic E-state index is 0.0482. The minimum Gasteiger partial charge on any atom is -0.354 e. The van der Waals surface area contributed by atoms with E-state index in [9.17, 15) is 4.79 Å². The minimum atomic E-state index is -0.0482. The third-order valence-electron chi connectivity index (χ3n) is 4.76. The van der Waals surface area contributed by atoms with E-state index in [4.69, 9.17) is 0 Å². The lowest BCUT2D eigenvalue weighted by Crippen LogP contribution is -2.34. The fourth-order valence-corrected chi connectivity index (χ4v) is 4.00. The summed E-state index contributed by atoms with van der Waals surface area (Å²) in [7, 11) is 7.60. The van der Waals surface area contributed by atoms with E-state index in [2.05, 4.69) is 25.6 Å². The fraction of sp³-hybridized carbons (Fsp3) is 0.588. The van der Waals surface area contributed by atoms with Crippen molar-refractivity contribution < 1.29 is 4.79 Å². The number of carbonyl (C=O) groups is 1. The van der Waals surface area contributed by atoms with Crippen LogP contribution < -0.4 is 10.2 Å². The summed E-state index contributed by atoms with van der Waals surface area (Å²) in [5.41, 5.74) is 1.88. The van der Waals surface area contributed by atoms with Gasteiger partial charge in [0.25, 0.3) is 5.91 Å². The Labute approximate surface area is 152 Å². The summed E-state index contributed by atoms with van der Waals surface area (Å²) in [6.45, 7) is 1.77. The zero-order valence-corrected chi connectivity index (χ0v) is 16.1. The third kappa shape index (κ3) is 3.69. The number of hydrogen-bond acceptors (Lipinski definition) is 6. The molecule has 3 rings (SSSR count). The van der Waals surface area contributed by atoms with Gasteiger partial charge in [-0.3, -0.25) is 9.69 Å². The van der Waals surface area contributed by atoms with E-state index >= 15 is 0 Å². The van der Waals surface area contributed by atoms with Gasteiger partial charge < -0.3 is 14.8 Å². The first-order chi connectivity index (χ1) is 12.0. The van der Waals surface area contributed by atoms with Gasteiger partial charge in [-0.15, -0.1) is 0 Å². The Kier molecular flexibility index (Phi) is 5.39. The molecule has 1 amide bonds. The first-order valence-corrected chi connectivity index (χ1v) is 9.40. The van der Waals surface area contributed by atoms with Crippen molar-refractivity contribution in [1.82, 2.24) is 24.1 Å². The van der Waals surface area contributed by atoms with Crippen molar-refractivity contribution in [2.45, 2.75) is 31.8 Å². The van der Waals surface area contributed by atoms with Crippen molar-refractivity contribution >= 4 is 22.6 Å². The Hall–Kier alpha value is -1.93. The molecule has 0 aliphatic carbocycles. The highest BCUT2D eigenvalue weighted by Gasteiger charge is 2.28. The molecule has 1 fully saturated rings. The van der Waals surface area contributed by atoms with Crippen LogP contribution in [0.5, 0.6) is 0 Å². The average molecular weight is 363 g/mol. The Bertz CT molecular complexity index is 737. The molecule has 136 valence electrons. The van der Waals surface area contributed by atoms with Crippen LogP contribution in [0.2, 0.25) is 0 Å². The molecule has 0 bridgehead atoms. The topological polar surface area (TPSA) is 66.3 Å². The molecular weight excluding hydrogens is 336 g/mol. The van der Waals surface area contributed by atoms with Crippen LogP contribution in [0, 0.1) is 0 Å². The van der Waals surface area contributed by atoms with Crippen LogP contribution in [0.3, 0.4) is 0 Å². The lowest BCUT2D eigenvalue weighted by molar-refractivity contribution is 0.0952. The molecule has 2 aromatic heterocycles. The van der Waals surface area contributed by atoms with Gasteiger partial charge in [-0.25, -0.2) is 4.98 Å². The molecule has 0 spiro atoms. The number of aromatic nitrogens is 3. The van der Waals surface area contributed by atoms with Crippen molar-refractivity contribution in [2.24, 2.45) is 7.05 Å². The number of nitrogens with one attached hydrogen (secondary N) is 1. The maximum Gasteiger partial charge on any atom is 0.267 e. The van der Waals surface area contributed by atoms with Crippen molar-refractivity contribution in [1.29, 1.82) is 0 Å². The molecule has 8 heteroatoms. The Morgan fingerprint density at radius 1 is 1.40 bits per heavy atom. The number of likely N-dealkylation sites (tertiary alicyclic amines) is 1. The van der Waals surface area contributed by atoms with E-state index in [0.717, 1.165) is 30.5 Å². The molecule has 0 aromatic carbocycles. The monoisotopic (exact) mass is 362 g/mol. The lowest BCUT2D eigenvalue weighted by atomic mass is 9.99. The first-order valence-electron chi connectivity index (χ1n) is 8.63. The number of nitrogens with zero attached hydrogens (tertiary/aromatic N) is 5. The van der Waals surface area contributed by atoms with Gasteiger partial charge in [0.1, 0.15) is 5.69 Å². The van der Waals surface area contributed by atoms with Crippen molar-refractivity contribution in [3.63, 3.8) is 0 Å². The number of anilines is 1. The summed E-state index contributed by atoms with van der Waals surface area (Å²) >= 11 is 1.44. The molecular formula is C17H26N6OS. The second-order valence-electron chi connectivity index (χ2n) is 6.65. The van der Waals surface area contributed by atoms with Gasteiger partial charge in [0, 0.05) is 45.4 Å². The van der Waals surface area contributed by atoms with Crippen molar-refractivity contribution in [2.75, 3.05) is 32.6 Å². The SMILES string of the molecule is CNC(=O)c1ccc([C@H]2CCCCN2Cc2nsc(N(C)C)n2)n1C. The summed E-state index contributed by atoms with van der Waals surface area (Å²) in [5, 5.41) is 3.64. The fourth-order valence-electron chi connectivity index (χ4n) is 3.41. The average Bonchev–Trinajstić information content (AvgIpc) is 3.22. The standard InChI is InChI=1S/C17H26N6OS/c1-18-16(24)14-9-8-12(22(14)4)13-7-5-6-10-23(13)11-15-19-17(21(2)3)25-20-15/h8-9,13H,5-7,10-11H2,1-4H3,(H,18,24)/t13-/m1/s1. The van der Waals surface area contributed by atoms with E-state index in [-0.39, 0.29) is 5.91 Å².